The van der Waals surface area contributed by atoms with Crippen LogP contribution in [-0.2, 0) is 6.54 Å². The molecule has 0 aliphatic rings. The van der Waals surface area contributed by atoms with Crippen LogP contribution in [0, 0.1) is 18.3 Å². The topological polar surface area (TPSA) is 35.8 Å². The van der Waals surface area contributed by atoms with Crippen LogP contribution in [0.25, 0.3) is 0 Å². The smallest absolute Gasteiger partial charge is 0.100 e. The highest BCUT2D eigenvalue weighted by atomic mass is 32.1. The van der Waals surface area contributed by atoms with Crippen LogP contribution < -0.4 is 5.32 Å². The van der Waals surface area contributed by atoms with Gasteiger partial charge in [0.15, 0.2) is 0 Å². The minimum absolute atomic E-state index is 0.317. The lowest BCUT2D eigenvalue weighted by Crippen LogP contribution is -2.17. The third-order valence-corrected chi connectivity index (χ3v) is 3.84. The van der Waals surface area contributed by atoms with Gasteiger partial charge in [0.2, 0.25) is 0 Å². The molecule has 2 rings (SSSR count). The Balaban J connectivity index is 1.96. The van der Waals surface area contributed by atoms with Crippen molar-refractivity contribution < 1.29 is 0 Å². The van der Waals surface area contributed by atoms with E-state index in [1.807, 2.05) is 11.4 Å². The summed E-state index contributed by atoms with van der Waals surface area (Å²) in [5, 5.41) is 14.2. The molecule has 0 fully saturated rings. The van der Waals surface area contributed by atoms with E-state index in [1.165, 1.54) is 16.0 Å². The Kier molecular flexibility index (Phi) is 4.14. The Hall–Kier alpha value is -1.63. The zero-order valence-corrected chi connectivity index (χ0v) is 11.4. The monoisotopic (exact) mass is 256 g/mol. The van der Waals surface area contributed by atoms with Crippen LogP contribution in [0.15, 0.2) is 35.7 Å². The summed E-state index contributed by atoms with van der Waals surface area (Å²) in [6.07, 6.45) is 0. The van der Waals surface area contributed by atoms with Gasteiger partial charge in [-0.3, -0.25) is 0 Å². The van der Waals surface area contributed by atoms with Crippen molar-refractivity contribution >= 4 is 11.3 Å². The molecule has 0 radical (unpaired) electrons. The molecule has 18 heavy (non-hydrogen) atoms. The zero-order chi connectivity index (χ0) is 13.0. The number of hydrogen-bond donors (Lipinski definition) is 1. The normalized spacial score (nSPS) is 12.1. The average Bonchev–Trinajstić information content (AvgIpc) is 2.84. The lowest BCUT2D eigenvalue weighted by molar-refractivity contribution is 0.578. The molecule has 0 aliphatic carbocycles. The van der Waals surface area contributed by atoms with E-state index < -0.39 is 0 Å². The minimum Gasteiger partial charge on any atom is -0.305 e. The van der Waals surface area contributed by atoms with Crippen molar-refractivity contribution in [1.82, 2.24) is 5.32 Å². The molecule has 92 valence electrons. The van der Waals surface area contributed by atoms with Crippen LogP contribution in [0.3, 0.4) is 0 Å². The molecule has 0 amide bonds. The second-order valence-corrected chi connectivity index (χ2v) is 5.43. The van der Waals surface area contributed by atoms with Gasteiger partial charge in [-0.1, -0.05) is 29.8 Å². The predicted octanol–water partition coefficient (Wildman–Crippen LogP) is 3.78. The lowest BCUT2D eigenvalue weighted by atomic mass is 10.1. The van der Waals surface area contributed by atoms with E-state index in [0.29, 0.717) is 6.04 Å². The Morgan fingerprint density at radius 3 is 2.89 bits per heavy atom. The summed E-state index contributed by atoms with van der Waals surface area (Å²) in [5.74, 6) is 0. The molecule has 1 N–H and O–H groups in total. The van der Waals surface area contributed by atoms with Crippen molar-refractivity contribution in [1.29, 1.82) is 5.26 Å². The van der Waals surface area contributed by atoms with Crippen molar-refractivity contribution in [3.63, 3.8) is 0 Å². The van der Waals surface area contributed by atoms with Gasteiger partial charge in [-0.05, 0) is 25.5 Å². The van der Waals surface area contributed by atoms with E-state index in [1.54, 1.807) is 11.3 Å². The van der Waals surface area contributed by atoms with Crippen molar-refractivity contribution in [2.45, 2.75) is 26.4 Å². The number of hydrogen-bond acceptors (Lipinski definition) is 3. The molecule has 0 bridgehead atoms. The van der Waals surface area contributed by atoms with E-state index in [2.05, 4.69) is 49.5 Å². The van der Waals surface area contributed by atoms with Crippen molar-refractivity contribution in [3.8, 4) is 6.07 Å². The first kappa shape index (κ1) is 12.8. The summed E-state index contributed by atoms with van der Waals surface area (Å²) in [7, 11) is 0. The molecule has 0 saturated heterocycles. The van der Waals surface area contributed by atoms with E-state index in [9.17, 15) is 0 Å². The molecule has 3 heteroatoms. The summed E-state index contributed by atoms with van der Waals surface area (Å²) in [4.78, 5) is 1.20. The SMILES string of the molecule is Cc1cccc([C@H](C)NCc2cc(C#N)cs2)c1. The molecular formula is C15H16N2S. The van der Waals surface area contributed by atoms with E-state index >= 15 is 0 Å². The zero-order valence-electron chi connectivity index (χ0n) is 10.6. The highest BCUT2D eigenvalue weighted by Gasteiger charge is 2.06. The molecule has 2 aromatic rings. The fourth-order valence-corrected chi connectivity index (χ4v) is 2.60. The molecule has 1 heterocycles. The van der Waals surface area contributed by atoms with Gasteiger partial charge in [0.1, 0.15) is 6.07 Å². The Bertz CT molecular complexity index is 566. The average molecular weight is 256 g/mol. The van der Waals surface area contributed by atoms with Gasteiger partial charge in [0.05, 0.1) is 5.56 Å². The summed E-state index contributed by atoms with van der Waals surface area (Å²) in [6, 6.07) is 12.9. The Labute approximate surface area is 112 Å². The summed E-state index contributed by atoms with van der Waals surface area (Å²) in [5.41, 5.74) is 3.33. The summed E-state index contributed by atoms with van der Waals surface area (Å²) < 4.78 is 0. The number of nitrogens with one attached hydrogen (secondary N) is 1. The molecule has 1 aromatic carbocycles. The van der Waals surface area contributed by atoms with E-state index in [4.69, 9.17) is 5.26 Å². The molecular weight excluding hydrogens is 240 g/mol. The van der Waals surface area contributed by atoms with Gasteiger partial charge in [-0.15, -0.1) is 11.3 Å². The van der Waals surface area contributed by atoms with Crippen LogP contribution >= 0.6 is 11.3 Å². The quantitative estimate of drug-likeness (QED) is 0.903. The standard InChI is InChI=1S/C15H16N2S/c1-11-4-3-5-14(6-11)12(2)17-9-15-7-13(8-16)10-18-15/h3-7,10,12,17H,9H2,1-2H3/t12-/m0/s1. The van der Waals surface area contributed by atoms with Gasteiger partial charge >= 0.3 is 0 Å². The van der Waals surface area contributed by atoms with E-state index in [0.717, 1.165) is 12.1 Å². The first-order valence-electron chi connectivity index (χ1n) is 5.96. The number of nitriles is 1. The molecule has 0 saturated carbocycles. The first-order chi connectivity index (χ1) is 8.69. The first-order valence-corrected chi connectivity index (χ1v) is 6.84. The number of aryl methyl sites for hydroxylation is 1. The fourth-order valence-electron chi connectivity index (χ4n) is 1.84. The van der Waals surface area contributed by atoms with Crippen LogP contribution in [0.5, 0.6) is 0 Å². The van der Waals surface area contributed by atoms with Gasteiger partial charge in [0, 0.05) is 22.8 Å². The Morgan fingerprint density at radius 2 is 2.22 bits per heavy atom. The molecule has 2 nitrogen and oxygen atoms in total. The third kappa shape index (κ3) is 3.19. The van der Waals surface area contributed by atoms with Gasteiger partial charge < -0.3 is 5.32 Å². The van der Waals surface area contributed by atoms with Crippen LogP contribution in [-0.4, -0.2) is 0 Å². The maximum atomic E-state index is 8.77. The van der Waals surface area contributed by atoms with Gasteiger partial charge in [-0.2, -0.15) is 5.26 Å². The molecule has 0 aliphatic heterocycles. The largest absolute Gasteiger partial charge is 0.305 e. The van der Waals surface area contributed by atoms with Crippen LogP contribution in [0.1, 0.15) is 34.5 Å². The molecule has 0 spiro atoms. The molecule has 1 aromatic heterocycles. The van der Waals surface area contributed by atoms with Crippen molar-refractivity contribution in [3.05, 3.63) is 57.3 Å². The van der Waals surface area contributed by atoms with Crippen molar-refractivity contribution in [2.75, 3.05) is 0 Å². The predicted molar refractivity (Wildman–Crippen MR) is 75.5 cm³/mol. The highest BCUT2D eigenvalue weighted by molar-refractivity contribution is 7.10. The lowest BCUT2D eigenvalue weighted by Gasteiger charge is -2.14. The number of benzene rings is 1. The summed E-state index contributed by atoms with van der Waals surface area (Å²) in [6.45, 7) is 5.07. The number of rotatable bonds is 4. The van der Waals surface area contributed by atoms with Crippen LogP contribution in [0.4, 0.5) is 0 Å². The highest BCUT2D eigenvalue weighted by Crippen LogP contribution is 2.17. The van der Waals surface area contributed by atoms with Gasteiger partial charge in [0.25, 0.3) is 0 Å². The Morgan fingerprint density at radius 1 is 1.39 bits per heavy atom. The van der Waals surface area contributed by atoms with Gasteiger partial charge in [-0.25, -0.2) is 0 Å². The number of thiophene rings is 1. The summed E-state index contributed by atoms with van der Waals surface area (Å²) >= 11 is 1.63. The van der Waals surface area contributed by atoms with Crippen molar-refractivity contribution in [2.24, 2.45) is 0 Å². The fraction of sp³-hybridized carbons (Fsp3) is 0.267. The van der Waals surface area contributed by atoms with E-state index in [-0.39, 0.29) is 0 Å². The minimum atomic E-state index is 0.317. The molecule has 1 atom stereocenters. The maximum Gasteiger partial charge on any atom is 0.100 e. The maximum absolute atomic E-state index is 8.77. The third-order valence-electron chi connectivity index (χ3n) is 2.91. The second-order valence-electron chi connectivity index (χ2n) is 4.43. The van der Waals surface area contributed by atoms with Crippen LogP contribution in [0.2, 0.25) is 0 Å². The number of nitrogens with zero attached hydrogens (tertiary/aromatic N) is 1. The molecule has 0 unspecified atom stereocenters. The second kappa shape index (κ2) is 5.81.